The molecule has 2 aliphatic rings. The molecule has 0 aromatic heterocycles. The molecule has 2 unspecified atom stereocenters. The number of primary amides is 1. The Labute approximate surface area is 104 Å². The normalized spacial score (nSPS) is 24.8. The molecule has 2 N–H and O–H groups in total. The van der Waals surface area contributed by atoms with E-state index in [9.17, 15) is 9.59 Å². The molecule has 92 valence electrons. The molecule has 5 heteroatoms. The number of carbonyl (C=O) groups excluding carboxylic acids is 2. The Kier molecular flexibility index (Phi) is 2.47. The Bertz CT molecular complexity index is 565. The summed E-state index contributed by atoms with van der Waals surface area (Å²) in [5, 5.41) is 7.74. The van der Waals surface area contributed by atoms with Gasteiger partial charge in [0.15, 0.2) is 0 Å². The lowest BCUT2D eigenvalue weighted by atomic mass is 9.96. The molecule has 1 heterocycles. The van der Waals surface area contributed by atoms with E-state index < -0.39 is 0 Å². The summed E-state index contributed by atoms with van der Waals surface area (Å²) in [4.78, 5) is 22.2. The summed E-state index contributed by atoms with van der Waals surface area (Å²) in [6.07, 6.45) is 1.55. The Morgan fingerprint density at radius 3 is 3.00 bits per heavy atom. The number of fused-ring (bicyclic) bond motifs is 3. The van der Waals surface area contributed by atoms with Gasteiger partial charge in [-0.25, -0.2) is 0 Å². The third kappa shape index (κ3) is 1.81. The first-order valence-corrected chi connectivity index (χ1v) is 5.97. The second kappa shape index (κ2) is 4.01. The lowest BCUT2D eigenvalue weighted by molar-refractivity contribution is -0.120. The minimum Gasteiger partial charge on any atom is -0.369 e. The van der Waals surface area contributed by atoms with Gasteiger partial charge in [0.1, 0.15) is 6.04 Å². The fourth-order valence-corrected chi connectivity index (χ4v) is 2.82. The van der Waals surface area contributed by atoms with E-state index in [0.29, 0.717) is 6.42 Å². The molecule has 1 aromatic rings. The molecule has 3 rings (SSSR count). The summed E-state index contributed by atoms with van der Waals surface area (Å²) < 4.78 is 0. The molecule has 0 spiro atoms. The minimum atomic E-state index is -0.333. The highest BCUT2D eigenvalue weighted by atomic mass is 16.2. The van der Waals surface area contributed by atoms with Gasteiger partial charge >= 0.3 is 0 Å². The highest BCUT2D eigenvalue weighted by Crippen LogP contribution is 2.43. The van der Waals surface area contributed by atoms with Crippen molar-refractivity contribution in [2.45, 2.75) is 25.3 Å². The van der Waals surface area contributed by atoms with Gasteiger partial charge < -0.3 is 5.73 Å². The molecule has 5 nitrogen and oxygen atoms in total. The molecular formula is C13H13N3O2. The molecule has 0 saturated carbocycles. The van der Waals surface area contributed by atoms with E-state index in [1.807, 2.05) is 18.2 Å². The number of benzene rings is 1. The van der Waals surface area contributed by atoms with Crippen LogP contribution in [0.25, 0.3) is 0 Å². The van der Waals surface area contributed by atoms with E-state index >= 15 is 0 Å². The highest BCUT2D eigenvalue weighted by Gasteiger charge is 2.36. The van der Waals surface area contributed by atoms with Crippen molar-refractivity contribution in [3.05, 3.63) is 34.9 Å². The van der Waals surface area contributed by atoms with Gasteiger partial charge in [-0.3, -0.25) is 9.59 Å². The number of carbonyl (C=O) groups is 2. The predicted octanol–water partition coefficient (Wildman–Crippen LogP) is 1.31. The first kappa shape index (κ1) is 11.1. The van der Waals surface area contributed by atoms with E-state index in [1.54, 1.807) is 0 Å². The number of nitrogens with two attached hydrogens (primary N) is 1. The zero-order valence-electron chi connectivity index (χ0n) is 9.80. The molecule has 18 heavy (non-hydrogen) atoms. The van der Waals surface area contributed by atoms with Crippen LogP contribution in [0.15, 0.2) is 28.4 Å². The third-order valence-corrected chi connectivity index (χ3v) is 3.56. The first-order chi connectivity index (χ1) is 8.63. The van der Waals surface area contributed by atoms with Crippen molar-refractivity contribution >= 4 is 11.8 Å². The maximum atomic E-state index is 11.2. The fraction of sp³-hybridized carbons (Fsp3) is 0.385. The quantitative estimate of drug-likeness (QED) is 0.849. The van der Waals surface area contributed by atoms with Crippen LogP contribution in [0.3, 0.4) is 0 Å². The molecule has 0 radical (unpaired) electrons. The maximum Gasteiger partial charge on any atom is 0.264 e. The Balaban J connectivity index is 1.92. The van der Waals surface area contributed by atoms with Crippen LogP contribution in [0.1, 0.15) is 29.2 Å². The van der Waals surface area contributed by atoms with Crippen LogP contribution in [0.5, 0.6) is 0 Å². The number of azo groups is 1. The van der Waals surface area contributed by atoms with Crippen molar-refractivity contribution in [1.82, 2.24) is 0 Å². The predicted molar refractivity (Wildman–Crippen MR) is 63.8 cm³/mol. The first-order valence-electron chi connectivity index (χ1n) is 5.97. The third-order valence-electron chi connectivity index (χ3n) is 3.56. The minimum absolute atomic E-state index is 0.0142. The van der Waals surface area contributed by atoms with Gasteiger partial charge in [0, 0.05) is 12.3 Å². The van der Waals surface area contributed by atoms with Crippen LogP contribution >= 0.6 is 0 Å². The molecular weight excluding hydrogens is 230 g/mol. The lowest BCUT2D eigenvalue weighted by Gasteiger charge is -2.17. The molecule has 2 amide bonds. The SMILES string of the molecule is NC(=O)Cc1ccc2c(c1)CC1CC(=O)N=NC21. The standard InChI is InChI=1S/C13H13N3O2/c14-11(17)4-7-1-2-10-8(3-7)5-9-6-12(18)15-16-13(9)10/h1-3,9,13H,4-6H2,(H2,14,17). The van der Waals surface area contributed by atoms with Crippen LogP contribution < -0.4 is 5.73 Å². The smallest absolute Gasteiger partial charge is 0.264 e. The van der Waals surface area contributed by atoms with Crippen molar-refractivity contribution in [2.24, 2.45) is 21.9 Å². The molecule has 2 atom stereocenters. The topological polar surface area (TPSA) is 84.9 Å². The molecule has 1 aliphatic carbocycles. The second-order valence-electron chi connectivity index (χ2n) is 4.90. The lowest BCUT2D eigenvalue weighted by Crippen LogP contribution is -2.14. The Morgan fingerprint density at radius 2 is 2.22 bits per heavy atom. The average molecular weight is 243 g/mol. The molecule has 0 bridgehead atoms. The van der Waals surface area contributed by atoms with Crippen molar-refractivity contribution in [3.63, 3.8) is 0 Å². The van der Waals surface area contributed by atoms with Gasteiger partial charge in [-0.1, -0.05) is 18.2 Å². The van der Waals surface area contributed by atoms with Gasteiger partial charge in [0.25, 0.3) is 5.91 Å². The second-order valence-corrected chi connectivity index (χ2v) is 4.90. The van der Waals surface area contributed by atoms with Gasteiger partial charge in [-0.05, 0) is 23.1 Å². The van der Waals surface area contributed by atoms with Crippen molar-refractivity contribution in [2.75, 3.05) is 0 Å². The van der Waals surface area contributed by atoms with Crippen LogP contribution in [-0.2, 0) is 22.4 Å². The number of amides is 2. The highest BCUT2D eigenvalue weighted by molar-refractivity contribution is 5.78. The zero-order chi connectivity index (χ0) is 12.7. The van der Waals surface area contributed by atoms with E-state index in [0.717, 1.165) is 23.1 Å². The van der Waals surface area contributed by atoms with Crippen molar-refractivity contribution in [1.29, 1.82) is 0 Å². The number of hydrogen-bond donors (Lipinski definition) is 1. The molecule has 1 aromatic carbocycles. The van der Waals surface area contributed by atoms with Gasteiger partial charge in [0.2, 0.25) is 5.91 Å². The average Bonchev–Trinajstić information content (AvgIpc) is 2.64. The van der Waals surface area contributed by atoms with Gasteiger partial charge in [0.05, 0.1) is 6.42 Å². The summed E-state index contributed by atoms with van der Waals surface area (Å²) in [5.74, 6) is -0.240. The van der Waals surface area contributed by atoms with Crippen LogP contribution in [0, 0.1) is 5.92 Å². The van der Waals surface area contributed by atoms with E-state index in [4.69, 9.17) is 5.73 Å². The molecule has 0 fully saturated rings. The summed E-state index contributed by atoms with van der Waals surface area (Å²) in [6.45, 7) is 0. The molecule has 1 aliphatic heterocycles. The molecule has 0 saturated heterocycles. The largest absolute Gasteiger partial charge is 0.369 e. The van der Waals surface area contributed by atoms with Crippen molar-refractivity contribution in [3.8, 4) is 0 Å². The van der Waals surface area contributed by atoms with E-state index in [1.165, 1.54) is 0 Å². The van der Waals surface area contributed by atoms with Crippen LogP contribution in [0.4, 0.5) is 0 Å². The maximum absolute atomic E-state index is 11.2. The van der Waals surface area contributed by atoms with E-state index in [-0.39, 0.29) is 30.2 Å². The Hall–Kier alpha value is -2.04. The van der Waals surface area contributed by atoms with Crippen LogP contribution in [-0.4, -0.2) is 11.8 Å². The van der Waals surface area contributed by atoms with Crippen LogP contribution in [0.2, 0.25) is 0 Å². The summed E-state index contributed by atoms with van der Waals surface area (Å²) in [5.41, 5.74) is 8.40. The van der Waals surface area contributed by atoms with Crippen molar-refractivity contribution < 1.29 is 9.59 Å². The summed E-state index contributed by atoms with van der Waals surface area (Å²) in [6, 6.07) is 5.89. The van der Waals surface area contributed by atoms with Gasteiger partial charge in [-0.2, -0.15) is 5.11 Å². The summed E-state index contributed by atoms with van der Waals surface area (Å²) >= 11 is 0. The number of hydrogen-bond acceptors (Lipinski definition) is 3. The monoisotopic (exact) mass is 243 g/mol. The zero-order valence-corrected chi connectivity index (χ0v) is 9.80. The number of nitrogens with zero attached hydrogens (tertiary/aromatic N) is 2. The summed E-state index contributed by atoms with van der Waals surface area (Å²) in [7, 11) is 0. The fourth-order valence-electron chi connectivity index (χ4n) is 2.82. The van der Waals surface area contributed by atoms with Gasteiger partial charge in [-0.15, -0.1) is 5.11 Å². The van der Waals surface area contributed by atoms with E-state index in [2.05, 4.69) is 10.2 Å². The number of rotatable bonds is 2. The Morgan fingerprint density at radius 1 is 1.39 bits per heavy atom.